The van der Waals surface area contributed by atoms with Gasteiger partial charge in [0.15, 0.2) is 0 Å². The van der Waals surface area contributed by atoms with Crippen LogP contribution in [0.15, 0.2) is 71.8 Å². The quantitative estimate of drug-likeness (QED) is 0.435. The van der Waals surface area contributed by atoms with Gasteiger partial charge in [-0.05, 0) is 59.2 Å². The molecular formula is C25H23F3N4O. The molecule has 5 nitrogen and oxygen atoms in total. The lowest BCUT2D eigenvalue weighted by atomic mass is 10.1. The molecule has 33 heavy (non-hydrogen) atoms. The number of carbonyl (C=O) groups excluding carboxylic acids is 1. The molecule has 8 heteroatoms. The molecule has 1 N–H and O–H groups in total. The topological polar surface area (TPSA) is 47.9 Å². The van der Waals surface area contributed by atoms with Crippen molar-refractivity contribution in [1.82, 2.24) is 5.43 Å². The molecule has 0 atom stereocenters. The van der Waals surface area contributed by atoms with Crippen LogP contribution in [0.4, 0.5) is 24.5 Å². The summed E-state index contributed by atoms with van der Waals surface area (Å²) in [4.78, 5) is 16.4. The van der Waals surface area contributed by atoms with Gasteiger partial charge in [-0.3, -0.25) is 4.79 Å². The Bertz CT molecular complexity index is 1190. The first-order valence-corrected chi connectivity index (χ1v) is 10.4. The zero-order valence-corrected chi connectivity index (χ0v) is 18.2. The van der Waals surface area contributed by atoms with Gasteiger partial charge in [-0.1, -0.05) is 24.3 Å². The van der Waals surface area contributed by atoms with E-state index in [2.05, 4.69) is 10.5 Å². The summed E-state index contributed by atoms with van der Waals surface area (Å²) in [6.07, 6.45) is -2.82. The number of halogens is 3. The fourth-order valence-electron chi connectivity index (χ4n) is 3.69. The molecule has 1 heterocycles. The minimum atomic E-state index is -4.39. The van der Waals surface area contributed by atoms with E-state index in [-0.39, 0.29) is 5.91 Å². The van der Waals surface area contributed by atoms with Gasteiger partial charge in [0.25, 0.3) is 5.91 Å². The number of hydrogen-bond acceptors (Lipinski definition) is 4. The van der Waals surface area contributed by atoms with Crippen molar-refractivity contribution in [3.63, 3.8) is 0 Å². The summed E-state index contributed by atoms with van der Waals surface area (Å²) in [5, 5.41) is 4.03. The third-order valence-corrected chi connectivity index (χ3v) is 5.52. The molecule has 0 aromatic heterocycles. The maximum atomic E-state index is 13.0. The van der Waals surface area contributed by atoms with Gasteiger partial charge < -0.3 is 9.80 Å². The predicted octanol–water partition coefficient (Wildman–Crippen LogP) is 5.06. The molecule has 0 spiro atoms. The van der Waals surface area contributed by atoms with E-state index in [4.69, 9.17) is 0 Å². The van der Waals surface area contributed by atoms with Crippen LogP contribution in [-0.2, 0) is 19.3 Å². The van der Waals surface area contributed by atoms with Crippen molar-refractivity contribution in [2.24, 2.45) is 5.10 Å². The van der Waals surface area contributed by atoms with E-state index in [1.807, 2.05) is 54.2 Å². The van der Waals surface area contributed by atoms with Gasteiger partial charge in [-0.2, -0.15) is 18.3 Å². The first-order valence-electron chi connectivity index (χ1n) is 10.4. The van der Waals surface area contributed by atoms with Crippen LogP contribution in [0.2, 0.25) is 0 Å². The third kappa shape index (κ3) is 5.16. The smallest absolute Gasteiger partial charge is 0.378 e. The maximum absolute atomic E-state index is 13.0. The Morgan fingerprint density at radius 3 is 2.42 bits per heavy atom. The largest absolute Gasteiger partial charge is 0.416 e. The number of alkyl halides is 3. The lowest BCUT2D eigenvalue weighted by Gasteiger charge is -2.19. The van der Waals surface area contributed by atoms with Crippen molar-refractivity contribution in [2.75, 3.05) is 23.9 Å². The Balaban J connectivity index is 1.41. The van der Waals surface area contributed by atoms with Crippen molar-refractivity contribution in [2.45, 2.75) is 19.3 Å². The highest BCUT2D eigenvalue weighted by Crippen LogP contribution is 2.34. The minimum Gasteiger partial charge on any atom is -0.378 e. The highest BCUT2D eigenvalue weighted by Gasteiger charge is 2.31. The maximum Gasteiger partial charge on any atom is 0.416 e. The number of hydrazone groups is 1. The number of nitrogens with one attached hydrogen (secondary N) is 1. The molecule has 1 amide bonds. The van der Waals surface area contributed by atoms with E-state index in [1.54, 1.807) is 24.4 Å². The zero-order valence-electron chi connectivity index (χ0n) is 18.2. The molecule has 0 saturated carbocycles. The normalized spacial score (nSPS) is 13.3. The van der Waals surface area contributed by atoms with Crippen LogP contribution in [0.1, 0.15) is 32.6 Å². The average Bonchev–Trinajstić information content (AvgIpc) is 3.22. The molecule has 1 aliphatic heterocycles. The number of hydrogen-bond donors (Lipinski definition) is 1. The zero-order chi connectivity index (χ0) is 23.6. The van der Waals surface area contributed by atoms with E-state index < -0.39 is 11.7 Å². The molecule has 3 aromatic carbocycles. The fraction of sp³-hybridized carbons (Fsp3) is 0.200. The van der Waals surface area contributed by atoms with Gasteiger partial charge in [-0.25, -0.2) is 5.43 Å². The van der Waals surface area contributed by atoms with Gasteiger partial charge in [0, 0.05) is 44.1 Å². The second-order valence-electron chi connectivity index (χ2n) is 8.07. The number of carbonyl (C=O) groups is 1. The fourth-order valence-corrected chi connectivity index (χ4v) is 3.69. The molecule has 0 fully saturated rings. The Kier molecular flexibility index (Phi) is 6.09. The van der Waals surface area contributed by atoms with Gasteiger partial charge in [0.2, 0.25) is 0 Å². The Labute approximate surface area is 190 Å². The number of nitrogens with zero attached hydrogens (tertiary/aromatic N) is 3. The van der Waals surface area contributed by atoms with Crippen LogP contribution in [0.5, 0.6) is 0 Å². The summed E-state index contributed by atoms with van der Waals surface area (Å²) in [7, 11) is 3.91. The predicted molar refractivity (Wildman–Crippen MR) is 124 cm³/mol. The van der Waals surface area contributed by atoms with Gasteiger partial charge >= 0.3 is 6.18 Å². The molecule has 0 aliphatic carbocycles. The number of anilines is 2. The lowest BCUT2D eigenvalue weighted by molar-refractivity contribution is -0.137. The first-order chi connectivity index (χ1) is 15.7. The lowest BCUT2D eigenvalue weighted by Crippen LogP contribution is -2.18. The average molecular weight is 452 g/mol. The molecule has 0 unspecified atom stereocenters. The number of rotatable bonds is 5. The Morgan fingerprint density at radius 1 is 1.00 bits per heavy atom. The second-order valence-corrected chi connectivity index (χ2v) is 8.07. The van der Waals surface area contributed by atoms with Crippen molar-refractivity contribution >= 4 is 23.5 Å². The minimum absolute atomic E-state index is 0.350. The Morgan fingerprint density at radius 2 is 1.73 bits per heavy atom. The highest BCUT2D eigenvalue weighted by atomic mass is 19.4. The van der Waals surface area contributed by atoms with Crippen molar-refractivity contribution in [3.05, 3.63) is 94.5 Å². The number of fused-ring (bicyclic) bond motifs is 1. The van der Waals surface area contributed by atoms with Crippen LogP contribution in [0.25, 0.3) is 0 Å². The molecule has 0 radical (unpaired) electrons. The summed E-state index contributed by atoms with van der Waals surface area (Å²) in [5.74, 6) is -0.350. The van der Waals surface area contributed by atoms with Crippen molar-refractivity contribution in [1.29, 1.82) is 0 Å². The molecule has 0 bridgehead atoms. The molecule has 170 valence electrons. The number of benzene rings is 3. The standard InChI is InChI=1S/C25H23F3N4O/c1-31(2)22-10-6-17(7-11-22)14-29-30-24(33)18-8-9-19-15-32(16-20(19)12-18)23-5-3-4-21(13-23)25(26,27)28/h3-14H,15-16H2,1-2H3,(H,30,33). The number of amides is 1. The van der Waals surface area contributed by atoms with Crippen LogP contribution >= 0.6 is 0 Å². The summed E-state index contributed by atoms with van der Waals surface area (Å²) in [6, 6.07) is 18.3. The van der Waals surface area contributed by atoms with E-state index in [1.165, 1.54) is 6.07 Å². The summed E-state index contributed by atoms with van der Waals surface area (Å²) < 4.78 is 39.1. The molecular weight excluding hydrogens is 429 g/mol. The van der Waals surface area contributed by atoms with E-state index in [0.717, 1.165) is 34.5 Å². The monoisotopic (exact) mass is 452 g/mol. The van der Waals surface area contributed by atoms with E-state index in [0.29, 0.717) is 24.3 Å². The van der Waals surface area contributed by atoms with E-state index >= 15 is 0 Å². The first kappa shape index (κ1) is 22.4. The van der Waals surface area contributed by atoms with Crippen molar-refractivity contribution in [3.8, 4) is 0 Å². The van der Waals surface area contributed by atoms with Crippen molar-refractivity contribution < 1.29 is 18.0 Å². The molecule has 1 aliphatic rings. The molecule has 0 saturated heterocycles. The SMILES string of the molecule is CN(C)c1ccc(C=NNC(=O)c2ccc3c(c2)CN(c2cccc(C(F)(F)F)c2)C3)cc1. The Hall–Kier alpha value is -3.81. The summed E-state index contributed by atoms with van der Waals surface area (Å²) in [5.41, 5.74) is 6.59. The van der Waals surface area contributed by atoms with Gasteiger partial charge in [0.1, 0.15) is 0 Å². The summed E-state index contributed by atoms with van der Waals surface area (Å²) in [6.45, 7) is 0.916. The third-order valence-electron chi connectivity index (χ3n) is 5.52. The summed E-state index contributed by atoms with van der Waals surface area (Å²) >= 11 is 0. The second kappa shape index (κ2) is 8.97. The molecule has 4 rings (SSSR count). The van der Waals surface area contributed by atoms with Gasteiger partial charge in [-0.15, -0.1) is 0 Å². The van der Waals surface area contributed by atoms with Crippen LogP contribution in [0.3, 0.4) is 0 Å². The van der Waals surface area contributed by atoms with Gasteiger partial charge in [0.05, 0.1) is 11.8 Å². The van der Waals surface area contributed by atoms with Crippen LogP contribution < -0.4 is 15.2 Å². The van der Waals surface area contributed by atoms with E-state index in [9.17, 15) is 18.0 Å². The van der Waals surface area contributed by atoms with Crippen LogP contribution in [-0.4, -0.2) is 26.2 Å². The highest BCUT2D eigenvalue weighted by molar-refractivity contribution is 5.95. The molecule has 3 aromatic rings. The van der Waals surface area contributed by atoms with Crippen LogP contribution in [0, 0.1) is 0 Å².